The maximum absolute atomic E-state index is 2.50. The van der Waals surface area contributed by atoms with Crippen molar-refractivity contribution >= 4 is 49.9 Å². The lowest BCUT2D eigenvalue weighted by Gasteiger charge is -2.05. The Bertz CT molecular complexity index is 1810. The molecule has 2 heterocycles. The quantitative estimate of drug-likeness (QED) is 0.131. The van der Waals surface area contributed by atoms with E-state index in [4.69, 9.17) is 0 Å². The second-order valence-corrected chi connectivity index (χ2v) is 10.4. The molecule has 0 saturated carbocycles. The monoisotopic (exact) mass is 509 g/mol. The van der Waals surface area contributed by atoms with Crippen LogP contribution >= 0.6 is 0 Å². The van der Waals surface area contributed by atoms with Crippen LogP contribution in [0.5, 0.6) is 0 Å². The topological polar surface area (TPSA) is 7.94 Å². The predicted octanol–water partition coefficient (Wildman–Crippen LogP) is 8.86. The highest BCUT2D eigenvalue weighted by Gasteiger charge is 2.29. The first-order chi connectivity index (χ1) is 19.3. The molecule has 0 aliphatic carbocycles. The van der Waals surface area contributed by atoms with Crippen molar-refractivity contribution in [1.82, 2.24) is 4.57 Å². The molecule has 6 rings (SSSR count). The maximum atomic E-state index is 2.50. The third-order valence-electron chi connectivity index (χ3n) is 7.90. The zero-order valence-corrected chi connectivity index (χ0v) is 23.1. The molecule has 194 valence electrons. The Labute approximate surface area is 231 Å². The van der Waals surface area contributed by atoms with Gasteiger partial charge in [0.15, 0.2) is 0 Å². The summed E-state index contributed by atoms with van der Waals surface area (Å²) in [5.74, 6) is 0. The molecule has 2 nitrogen and oxygen atoms in total. The van der Waals surface area contributed by atoms with Crippen LogP contribution in [0.2, 0.25) is 0 Å². The Kier molecular flexibility index (Phi) is 7.27. The fraction of sp³-hybridized carbons (Fsp3) is 0.216. The molecule has 4 aromatic carbocycles. The number of nitrogens with zero attached hydrogens (tertiary/aromatic N) is 2. The Morgan fingerprint density at radius 2 is 1.38 bits per heavy atom. The Morgan fingerprint density at radius 3 is 2.21 bits per heavy atom. The van der Waals surface area contributed by atoms with Gasteiger partial charge in [0.05, 0.1) is 10.9 Å². The van der Waals surface area contributed by atoms with Crippen LogP contribution in [0.25, 0.3) is 38.5 Å². The molecule has 0 N–H and O–H groups in total. The van der Waals surface area contributed by atoms with Gasteiger partial charge in [-0.1, -0.05) is 112 Å². The van der Waals surface area contributed by atoms with Gasteiger partial charge in [0.2, 0.25) is 11.4 Å². The molecule has 1 aliphatic heterocycles. The fourth-order valence-electron chi connectivity index (χ4n) is 6.03. The minimum absolute atomic E-state index is 1.05. The van der Waals surface area contributed by atoms with Crippen molar-refractivity contribution in [2.24, 2.45) is 0 Å². The number of aromatic nitrogens is 1. The first kappa shape index (κ1) is 25.1. The van der Waals surface area contributed by atoms with E-state index in [0.29, 0.717) is 0 Å². The maximum Gasteiger partial charge on any atom is 0.214 e. The second kappa shape index (κ2) is 11.3. The van der Waals surface area contributed by atoms with Gasteiger partial charge >= 0.3 is 0 Å². The summed E-state index contributed by atoms with van der Waals surface area (Å²) in [5, 5.41) is 8.04. The molecule has 5 aromatic rings. The van der Waals surface area contributed by atoms with E-state index in [1.807, 2.05) is 0 Å². The first-order valence-corrected chi connectivity index (χ1v) is 14.5. The lowest BCUT2D eigenvalue weighted by atomic mass is 10.0. The van der Waals surface area contributed by atoms with Crippen molar-refractivity contribution in [3.63, 3.8) is 0 Å². The third-order valence-corrected chi connectivity index (χ3v) is 7.90. The predicted molar refractivity (Wildman–Crippen MR) is 169 cm³/mol. The average molecular weight is 510 g/mol. The van der Waals surface area contributed by atoms with Gasteiger partial charge in [-0.2, -0.15) is 4.58 Å². The highest BCUT2D eigenvalue weighted by molar-refractivity contribution is 6.19. The van der Waals surface area contributed by atoms with E-state index in [2.05, 4.69) is 138 Å². The van der Waals surface area contributed by atoms with Gasteiger partial charge in [0, 0.05) is 46.7 Å². The third kappa shape index (κ3) is 4.65. The SMILES string of the molecule is CCCCn1\c(=C/C=C/C=C/C=C/C2=[N+](CCCC)c3cccc4cccc2c34)c2cccc3cccc1c32. The Balaban J connectivity index is 1.28. The summed E-state index contributed by atoms with van der Waals surface area (Å²) in [4.78, 5) is 0. The summed E-state index contributed by atoms with van der Waals surface area (Å²) in [6, 6.07) is 26.6. The molecular formula is C37H37N2+. The molecule has 0 spiro atoms. The summed E-state index contributed by atoms with van der Waals surface area (Å²) in [6.45, 7) is 6.62. The summed E-state index contributed by atoms with van der Waals surface area (Å²) >= 11 is 0. The highest BCUT2D eigenvalue weighted by Crippen LogP contribution is 2.35. The molecule has 1 aromatic heterocycles. The molecule has 2 heteroatoms. The summed E-state index contributed by atoms with van der Waals surface area (Å²) in [7, 11) is 0. The summed E-state index contributed by atoms with van der Waals surface area (Å²) in [6.07, 6.45) is 20.1. The molecule has 39 heavy (non-hydrogen) atoms. The van der Waals surface area contributed by atoms with E-state index in [9.17, 15) is 0 Å². The Morgan fingerprint density at radius 1 is 0.692 bits per heavy atom. The molecule has 0 fully saturated rings. The molecule has 0 atom stereocenters. The van der Waals surface area contributed by atoms with Gasteiger partial charge in [-0.3, -0.25) is 0 Å². The molecule has 0 amide bonds. The van der Waals surface area contributed by atoms with Gasteiger partial charge in [-0.15, -0.1) is 0 Å². The number of allylic oxidation sites excluding steroid dienone is 6. The number of aryl methyl sites for hydroxylation is 1. The normalized spacial score (nSPS) is 14.3. The lowest BCUT2D eigenvalue weighted by Crippen LogP contribution is -2.16. The van der Waals surface area contributed by atoms with Crippen LogP contribution in [0.1, 0.15) is 45.1 Å². The first-order valence-electron chi connectivity index (χ1n) is 14.5. The van der Waals surface area contributed by atoms with Crippen LogP contribution in [0.4, 0.5) is 5.69 Å². The van der Waals surface area contributed by atoms with E-state index in [1.54, 1.807) is 0 Å². The van der Waals surface area contributed by atoms with Gasteiger partial charge < -0.3 is 4.57 Å². The van der Waals surface area contributed by atoms with E-state index in [0.717, 1.165) is 13.1 Å². The molecule has 0 bridgehead atoms. The number of rotatable bonds is 10. The zero-order chi connectivity index (χ0) is 26.6. The number of benzene rings is 4. The van der Waals surface area contributed by atoms with E-state index < -0.39 is 0 Å². The van der Waals surface area contributed by atoms with Crippen LogP contribution < -0.4 is 5.35 Å². The Hall–Kier alpha value is -4.17. The van der Waals surface area contributed by atoms with Crippen molar-refractivity contribution in [1.29, 1.82) is 0 Å². The van der Waals surface area contributed by atoms with Crippen molar-refractivity contribution < 1.29 is 4.58 Å². The van der Waals surface area contributed by atoms with Crippen molar-refractivity contribution in [2.45, 2.75) is 46.1 Å². The molecule has 1 aliphatic rings. The van der Waals surface area contributed by atoms with Gasteiger partial charge in [0.1, 0.15) is 6.54 Å². The summed E-state index contributed by atoms with van der Waals surface area (Å²) in [5.41, 5.74) is 5.32. The summed E-state index contributed by atoms with van der Waals surface area (Å²) < 4.78 is 4.99. The highest BCUT2D eigenvalue weighted by atomic mass is 15.0. The van der Waals surface area contributed by atoms with Gasteiger partial charge in [-0.05, 0) is 35.4 Å². The largest absolute Gasteiger partial charge is 0.340 e. The van der Waals surface area contributed by atoms with E-state index in [-0.39, 0.29) is 0 Å². The van der Waals surface area contributed by atoms with Crippen molar-refractivity contribution in [3.05, 3.63) is 120 Å². The minimum atomic E-state index is 1.05. The minimum Gasteiger partial charge on any atom is -0.340 e. The number of unbranched alkanes of at least 4 members (excludes halogenated alkanes) is 2. The van der Waals surface area contributed by atoms with Gasteiger partial charge in [0.25, 0.3) is 0 Å². The second-order valence-electron chi connectivity index (χ2n) is 10.4. The van der Waals surface area contributed by atoms with Crippen LogP contribution in [-0.4, -0.2) is 21.4 Å². The van der Waals surface area contributed by atoms with E-state index >= 15 is 0 Å². The smallest absolute Gasteiger partial charge is 0.214 e. The number of hydrogen-bond donors (Lipinski definition) is 0. The van der Waals surface area contributed by atoms with Crippen LogP contribution in [-0.2, 0) is 6.54 Å². The lowest BCUT2D eigenvalue weighted by molar-refractivity contribution is -0.436. The zero-order valence-electron chi connectivity index (χ0n) is 23.1. The van der Waals surface area contributed by atoms with Crippen LogP contribution in [0.3, 0.4) is 0 Å². The molecule has 0 radical (unpaired) electrons. The standard InChI is InChI=1S/C37H37N2/c1-3-5-26-38-32(30-20-12-16-28-18-14-24-34(38)36(28)30)22-10-8-7-9-11-23-33-31-21-13-17-29-19-15-25-35(37(29)31)39(33)27-6-4-2/h7-25H,3-6,26-27H2,1-2H3/q+1. The van der Waals surface area contributed by atoms with Gasteiger partial charge in [-0.25, -0.2) is 0 Å². The van der Waals surface area contributed by atoms with E-state index in [1.165, 1.54) is 80.4 Å². The molecule has 0 saturated heterocycles. The van der Waals surface area contributed by atoms with Crippen molar-refractivity contribution in [3.8, 4) is 0 Å². The van der Waals surface area contributed by atoms with Crippen LogP contribution in [0, 0.1) is 0 Å². The molecular weight excluding hydrogens is 472 g/mol. The number of hydrogen-bond acceptors (Lipinski definition) is 0. The van der Waals surface area contributed by atoms with Crippen molar-refractivity contribution in [2.75, 3.05) is 6.54 Å². The van der Waals surface area contributed by atoms with Crippen LogP contribution in [0.15, 0.2) is 109 Å². The fourth-order valence-corrected chi connectivity index (χ4v) is 6.03. The average Bonchev–Trinajstić information content (AvgIpc) is 3.44. The molecule has 0 unspecified atom stereocenters.